The van der Waals surface area contributed by atoms with Crippen LogP contribution in [0.25, 0.3) is 153 Å². The smallest absolute Gasteiger partial charge is 0.223 e. The van der Waals surface area contributed by atoms with Gasteiger partial charge in [0, 0.05) is 139 Å². The van der Waals surface area contributed by atoms with Gasteiger partial charge in [-0.2, -0.15) is 0 Å². The van der Waals surface area contributed by atoms with Crippen molar-refractivity contribution < 1.29 is 52.7 Å². The number of hydrogen-bond acceptors (Lipinski definition) is 8. The third kappa shape index (κ3) is 18.1. The number of aromatic amines is 4. The average molecular weight is 2000 g/mol. The normalized spacial score (nSPS) is 22.8. The molecule has 12 aliphatic carbocycles. The summed E-state index contributed by atoms with van der Waals surface area (Å²) in [7, 11) is 0. The Morgan fingerprint density at radius 1 is 0.257 bits per heavy atom. The van der Waals surface area contributed by atoms with Crippen molar-refractivity contribution in [1.29, 1.82) is 0 Å². The number of halogens is 12. The van der Waals surface area contributed by atoms with Gasteiger partial charge in [-0.1, -0.05) is 147 Å². The van der Waals surface area contributed by atoms with Crippen molar-refractivity contribution in [1.82, 2.24) is 39.9 Å². The molecular formula is C120H108F12N16. The molecule has 2 unspecified atom stereocenters. The van der Waals surface area contributed by atoms with Crippen LogP contribution in [0, 0.1) is 195 Å². The molecule has 0 amide bonds. The van der Waals surface area contributed by atoms with E-state index in [1.807, 2.05) is 76.2 Å². The van der Waals surface area contributed by atoms with Gasteiger partial charge < -0.3 is 41.2 Å². The van der Waals surface area contributed by atoms with E-state index in [1.165, 1.54) is 100 Å². The molecule has 8 N–H and O–H groups in total. The molecule has 16 nitrogen and oxygen atoms in total. The molecule has 8 heterocycles. The molecule has 0 spiro atoms. The highest BCUT2D eigenvalue weighted by Crippen LogP contribution is 2.56. The van der Waals surface area contributed by atoms with Crippen LogP contribution in [-0.2, 0) is 0 Å². The van der Waals surface area contributed by atoms with E-state index in [9.17, 15) is 35.1 Å². The maximum atomic E-state index is 16.3. The zero-order valence-electron chi connectivity index (χ0n) is 82.8. The number of nitrogens with one attached hydrogen (secondary N) is 8. The van der Waals surface area contributed by atoms with Crippen LogP contribution in [0.4, 0.5) is 98.7 Å². The molecule has 752 valence electrons. The molecule has 0 radical (unpaired) electrons. The van der Waals surface area contributed by atoms with Gasteiger partial charge in [0.2, 0.25) is 22.7 Å². The lowest BCUT2D eigenvalue weighted by Crippen LogP contribution is -2.47. The Morgan fingerprint density at radius 3 is 0.601 bits per heavy atom. The molecule has 12 saturated carbocycles. The predicted molar refractivity (Wildman–Crippen MR) is 559 cm³/mol. The van der Waals surface area contributed by atoms with Crippen LogP contribution < -0.4 is 21.3 Å². The number of aromatic nitrogens is 8. The molecule has 12 aliphatic rings. The minimum atomic E-state index is -0.739. The summed E-state index contributed by atoms with van der Waals surface area (Å²) in [6, 6.07) is 37.6. The Bertz CT molecular complexity index is 7100. The standard InChI is InChI=1S/4C30H27F3N4/c4*1-15-4-6-18(7-5-15)24-25(33)30(36-26-16(2)17-8-10-19(26)11-9-17)37-28(29(24)34-3)22-14-35-27-21(22)12-20(31)13-23(27)32/h4*4-7,12-14,16-17,19,26,35H,8-11H2,1-2H3,(H,36,37)/t3*16-,17?,19?,26+;/m100./s1. The summed E-state index contributed by atoms with van der Waals surface area (Å²) >= 11 is 0. The van der Waals surface area contributed by atoms with Crippen molar-refractivity contribution in [2.75, 3.05) is 21.3 Å². The summed E-state index contributed by atoms with van der Waals surface area (Å²) < 4.78 is 180. The van der Waals surface area contributed by atoms with E-state index in [2.05, 4.69) is 108 Å². The molecule has 12 fully saturated rings. The SMILES string of the molecule is [C-]#[N+]c1c(-c2c[nH]c3c(F)cc(F)cc23)nc(NC2C3CCC(CC3)C2C)c(F)c1-c1ccc(C)cc1.[C-]#[N+]c1c(-c2c[nH]c3c(F)cc(F)cc23)nc(N[C@@H]2C3CCC(CC3)[C@H]2C)c(F)c1-c1ccc(C)cc1.[C-]#[N+]c1c(-c2c[nH]c3c(F)cc(F)cc23)nc(N[C@H]2C3CCC(CC3)[C@@H]2C)c(F)c1-c1ccc(C)cc1.[C-]#[N+]c1c(-c2c[nH]c3c(F)cc(F)cc23)nc(N[C@H]2C3CCC(CC3)[C@@H]2C)c(F)c1-c1ccc(C)cc1. The van der Waals surface area contributed by atoms with Crippen LogP contribution in [0.3, 0.4) is 0 Å². The highest BCUT2D eigenvalue weighted by Gasteiger charge is 2.47. The topological polar surface area (TPSA) is 180 Å². The summed E-state index contributed by atoms with van der Waals surface area (Å²) in [6.07, 6.45) is 24.5. The largest absolute Gasteiger partial charge is 0.364 e. The Balaban J connectivity index is 0.000000116. The molecule has 0 aliphatic heterocycles. The minimum absolute atomic E-state index is 0.00989. The van der Waals surface area contributed by atoms with Crippen LogP contribution in [0.5, 0.6) is 0 Å². The van der Waals surface area contributed by atoms with E-state index in [0.717, 1.165) is 97.9 Å². The van der Waals surface area contributed by atoms with Crippen molar-refractivity contribution in [2.45, 2.75) is 182 Å². The molecule has 0 saturated heterocycles. The summed E-state index contributed by atoms with van der Waals surface area (Å²) in [5.74, 6) is -2.27. The van der Waals surface area contributed by atoms with Crippen LogP contribution in [0.15, 0.2) is 170 Å². The first-order chi connectivity index (χ1) is 71.4. The van der Waals surface area contributed by atoms with Gasteiger partial charge in [0.25, 0.3) is 0 Å². The third-order valence-electron chi connectivity index (χ3n) is 33.9. The average Bonchev–Trinajstić information content (AvgIpc) is 1.46. The van der Waals surface area contributed by atoms with Gasteiger partial charge in [-0.05, 0) is 248 Å². The molecule has 28 heteroatoms. The number of pyridine rings is 4. The van der Waals surface area contributed by atoms with Crippen molar-refractivity contribution in [3.8, 4) is 89.5 Å². The van der Waals surface area contributed by atoms with Crippen molar-refractivity contribution >= 4 is 89.6 Å². The van der Waals surface area contributed by atoms with Gasteiger partial charge >= 0.3 is 0 Å². The van der Waals surface area contributed by atoms with Gasteiger partial charge in [0.1, 0.15) is 46.5 Å². The van der Waals surface area contributed by atoms with Gasteiger partial charge in [0.15, 0.2) is 46.5 Å². The molecule has 8 aromatic carbocycles. The molecule has 8 aromatic heterocycles. The monoisotopic (exact) mass is 2000 g/mol. The number of hydrogen-bond donors (Lipinski definition) is 8. The minimum Gasteiger partial charge on any atom is -0.364 e. The summed E-state index contributed by atoms with van der Waals surface area (Å²) in [5.41, 5.74) is 9.51. The van der Waals surface area contributed by atoms with E-state index in [1.54, 1.807) is 48.5 Å². The zero-order chi connectivity index (χ0) is 103. The maximum absolute atomic E-state index is 16.3. The molecule has 8 atom stereocenters. The predicted octanol–water partition coefficient (Wildman–Crippen LogP) is 33.6. The fourth-order valence-electron chi connectivity index (χ4n) is 25.8. The summed E-state index contributed by atoms with van der Waals surface area (Å²) in [5, 5.41) is 14.7. The summed E-state index contributed by atoms with van der Waals surface area (Å²) in [6.45, 7) is 48.5. The molecule has 16 aromatic rings. The Morgan fingerprint density at radius 2 is 0.432 bits per heavy atom. The number of rotatable bonds is 16. The van der Waals surface area contributed by atoms with E-state index in [4.69, 9.17) is 26.3 Å². The fourth-order valence-corrected chi connectivity index (χ4v) is 25.8. The number of anilines is 4. The van der Waals surface area contributed by atoms with E-state index >= 15 is 17.6 Å². The molecule has 8 bridgehead atoms. The lowest BCUT2D eigenvalue weighted by Gasteiger charge is -2.47. The van der Waals surface area contributed by atoms with Gasteiger partial charge in [-0.25, -0.2) is 92.0 Å². The molecule has 28 rings (SSSR count). The number of aryl methyl sites for hydroxylation is 4. The molecule has 148 heavy (non-hydrogen) atoms. The zero-order valence-corrected chi connectivity index (χ0v) is 82.8. The van der Waals surface area contributed by atoms with Gasteiger partial charge in [-0.15, -0.1) is 0 Å². The van der Waals surface area contributed by atoms with Crippen LogP contribution >= 0.6 is 0 Å². The number of fused-ring (bicyclic) bond motifs is 16. The highest BCUT2D eigenvalue weighted by molar-refractivity contribution is 6.06. The van der Waals surface area contributed by atoms with Crippen LogP contribution in [0.1, 0.15) is 153 Å². The van der Waals surface area contributed by atoms with Crippen LogP contribution in [-0.4, -0.2) is 64.0 Å². The number of nitrogens with zero attached hydrogens (tertiary/aromatic N) is 8. The first-order valence-electron chi connectivity index (χ1n) is 51.1. The van der Waals surface area contributed by atoms with Gasteiger partial charge in [0.05, 0.1) is 71.1 Å². The van der Waals surface area contributed by atoms with E-state index < -0.39 is 69.8 Å². The first kappa shape index (κ1) is 98.8. The molecular weight excluding hydrogens is 1890 g/mol. The van der Waals surface area contributed by atoms with E-state index in [-0.39, 0.29) is 159 Å². The Labute approximate surface area is 849 Å². The Hall–Kier alpha value is -15.2. The van der Waals surface area contributed by atoms with Gasteiger partial charge in [-0.3, -0.25) is 0 Å². The highest BCUT2D eigenvalue weighted by atomic mass is 19.2. The van der Waals surface area contributed by atoms with Crippen molar-refractivity contribution in [3.05, 3.63) is 308 Å². The second-order valence-electron chi connectivity index (χ2n) is 42.2. The maximum Gasteiger partial charge on any atom is 0.223 e. The second kappa shape index (κ2) is 40.2. The van der Waals surface area contributed by atoms with Crippen molar-refractivity contribution in [2.24, 2.45) is 71.0 Å². The lowest BCUT2D eigenvalue weighted by molar-refractivity contribution is 0.0926. The second-order valence-corrected chi connectivity index (χ2v) is 42.2. The van der Waals surface area contributed by atoms with Crippen molar-refractivity contribution in [3.63, 3.8) is 0 Å². The fraction of sp³-hybridized carbons (Fsp3) is 0.333. The Kier molecular flexibility index (Phi) is 26.9. The first-order valence-corrected chi connectivity index (χ1v) is 51.1. The van der Waals surface area contributed by atoms with E-state index in [0.29, 0.717) is 116 Å². The summed E-state index contributed by atoms with van der Waals surface area (Å²) in [4.78, 5) is 44.8. The number of benzene rings is 8. The lowest BCUT2D eigenvalue weighted by atomic mass is 9.62. The quantitative estimate of drug-likeness (QED) is 0.0348. The van der Waals surface area contributed by atoms with Crippen LogP contribution in [0.2, 0.25) is 0 Å². The third-order valence-corrected chi connectivity index (χ3v) is 33.9. The number of H-pyrrole nitrogens is 4.